The first-order valence-corrected chi connectivity index (χ1v) is 9.72. The van der Waals surface area contributed by atoms with Crippen LogP contribution in [0.4, 0.5) is 0 Å². The highest BCUT2D eigenvalue weighted by Crippen LogP contribution is 2.51. The number of aliphatic carboxylic acids is 1. The topological polar surface area (TPSA) is 40.5 Å². The van der Waals surface area contributed by atoms with Crippen molar-refractivity contribution in [1.29, 1.82) is 0 Å². The monoisotopic (exact) mass is 329 g/mol. The Morgan fingerprint density at radius 2 is 1.88 bits per heavy atom. The Bertz CT molecular complexity index is 604. The van der Waals surface area contributed by atoms with Crippen LogP contribution in [-0.2, 0) is 10.2 Å². The fourth-order valence-corrected chi connectivity index (χ4v) is 5.49. The summed E-state index contributed by atoms with van der Waals surface area (Å²) in [5.74, 6) is -0.0505. The third kappa shape index (κ3) is 2.88. The number of rotatable bonds is 3. The molecule has 0 aromatic heterocycles. The lowest BCUT2D eigenvalue weighted by molar-refractivity contribution is -0.139. The zero-order valence-corrected chi connectivity index (χ0v) is 14.5. The summed E-state index contributed by atoms with van der Waals surface area (Å²) in [4.78, 5) is 14.4. The number of likely N-dealkylation sites (tertiary alicyclic amines) is 1. The molecule has 1 aromatic carbocycles. The molecule has 4 rings (SSSR count). The normalized spacial score (nSPS) is 27.2. The van der Waals surface area contributed by atoms with Crippen molar-refractivity contribution in [3.63, 3.8) is 0 Å². The Labute approximate surface area is 146 Å². The van der Waals surface area contributed by atoms with Gasteiger partial charge in [0.05, 0.1) is 5.92 Å². The van der Waals surface area contributed by atoms with Crippen LogP contribution in [0, 0.1) is 5.92 Å². The van der Waals surface area contributed by atoms with Gasteiger partial charge in [-0.15, -0.1) is 0 Å². The molecule has 1 saturated heterocycles. The lowest BCUT2D eigenvalue weighted by Crippen LogP contribution is -2.43. The van der Waals surface area contributed by atoms with Crippen molar-refractivity contribution in [2.45, 2.75) is 62.7 Å². The van der Waals surface area contributed by atoms with Crippen LogP contribution in [-0.4, -0.2) is 35.6 Å². The molecule has 2 fully saturated rings. The third-order valence-electron chi connectivity index (χ3n) is 6.85. The minimum absolute atomic E-state index is 0. The van der Waals surface area contributed by atoms with Crippen LogP contribution >= 0.6 is 0 Å². The van der Waals surface area contributed by atoms with E-state index in [2.05, 4.69) is 17.0 Å². The summed E-state index contributed by atoms with van der Waals surface area (Å²) in [6.07, 6.45) is 10.1. The van der Waals surface area contributed by atoms with Gasteiger partial charge >= 0.3 is 5.97 Å². The fraction of sp³-hybridized carbons (Fsp3) is 0.667. The summed E-state index contributed by atoms with van der Waals surface area (Å²) >= 11 is 0. The van der Waals surface area contributed by atoms with E-state index < -0.39 is 5.97 Å². The number of hydrogen-bond acceptors (Lipinski definition) is 2. The molecule has 1 spiro atoms. The fourth-order valence-electron chi connectivity index (χ4n) is 5.49. The molecular weight excluding hydrogens is 298 g/mol. The Morgan fingerprint density at radius 3 is 2.58 bits per heavy atom. The number of piperidine rings is 1. The highest BCUT2D eigenvalue weighted by Gasteiger charge is 2.47. The van der Waals surface area contributed by atoms with Crippen LogP contribution in [0.5, 0.6) is 0 Å². The van der Waals surface area contributed by atoms with Gasteiger partial charge in [-0.25, -0.2) is 0 Å². The Kier molecular flexibility index (Phi) is 4.38. The second kappa shape index (κ2) is 6.51. The summed E-state index contributed by atoms with van der Waals surface area (Å²) < 4.78 is 0. The van der Waals surface area contributed by atoms with E-state index in [0.29, 0.717) is 0 Å². The number of fused-ring (bicyclic) bond motifs is 2. The van der Waals surface area contributed by atoms with Crippen molar-refractivity contribution in [1.82, 2.24) is 4.90 Å². The molecule has 1 atom stereocenters. The predicted molar refractivity (Wildman–Crippen MR) is 97.5 cm³/mol. The zero-order valence-electron chi connectivity index (χ0n) is 14.5. The molecule has 1 aliphatic heterocycles. The molecule has 2 aliphatic carbocycles. The molecule has 3 aliphatic rings. The van der Waals surface area contributed by atoms with E-state index in [9.17, 15) is 9.90 Å². The second-order valence-corrected chi connectivity index (χ2v) is 8.27. The van der Waals surface area contributed by atoms with E-state index in [0.717, 1.165) is 43.8 Å². The molecule has 1 N–H and O–H groups in total. The van der Waals surface area contributed by atoms with E-state index in [4.69, 9.17) is 0 Å². The molecule has 3 nitrogen and oxygen atoms in total. The van der Waals surface area contributed by atoms with Gasteiger partial charge in [0.1, 0.15) is 0 Å². The van der Waals surface area contributed by atoms with Gasteiger partial charge in [-0.1, -0.05) is 43.5 Å². The van der Waals surface area contributed by atoms with Gasteiger partial charge in [0.15, 0.2) is 0 Å². The summed E-state index contributed by atoms with van der Waals surface area (Å²) in [7, 11) is 0. The molecule has 1 heterocycles. The standard InChI is InChI=1S/C21H29NO2.H2/c23-20(24)18-14-21(19-9-5-4-8-17(18)19)10-12-22(13-11-21)15-16-6-2-1-3-7-16;/h4-5,8-9,16,18H,1-3,6-7,10-15H2,(H,23,24);1H. The molecule has 0 amide bonds. The van der Waals surface area contributed by atoms with E-state index in [1.165, 1.54) is 44.2 Å². The molecule has 132 valence electrons. The minimum atomic E-state index is -0.649. The number of hydrogen-bond donors (Lipinski definition) is 1. The smallest absolute Gasteiger partial charge is 0.311 e. The highest BCUT2D eigenvalue weighted by molar-refractivity contribution is 5.78. The van der Waals surface area contributed by atoms with E-state index in [1.807, 2.05) is 12.1 Å². The van der Waals surface area contributed by atoms with E-state index >= 15 is 0 Å². The summed E-state index contributed by atoms with van der Waals surface area (Å²) in [6, 6.07) is 8.30. The van der Waals surface area contributed by atoms with Gasteiger partial charge < -0.3 is 10.0 Å². The number of carboxylic acids is 1. The third-order valence-corrected chi connectivity index (χ3v) is 6.85. The molecule has 1 unspecified atom stereocenters. The first-order valence-electron chi connectivity index (χ1n) is 9.72. The maximum Gasteiger partial charge on any atom is 0.311 e. The maximum absolute atomic E-state index is 11.7. The van der Waals surface area contributed by atoms with Crippen molar-refractivity contribution in [2.75, 3.05) is 19.6 Å². The van der Waals surface area contributed by atoms with Gasteiger partial charge in [-0.05, 0) is 67.7 Å². The maximum atomic E-state index is 11.7. The first kappa shape index (κ1) is 16.1. The highest BCUT2D eigenvalue weighted by atomic mass is 16.4. The van der Waals surface area contributed by atoms with Crippen LogP contribution in [0.3, 0.4) is 0 Å². The lowest BCUT2D eigenvalue weighted by Gasteiger charge is -2.41. The lowest BCUT2D eigenvalue weighted by atomic mass is 9.73. The average molecular weight is 329 g/mol. The Balaban J connectivity index is 0.00000182. The van der Waals surface area contributed by atoms with Crippen LogP contribution in [0.15, 0.2) is 24.3 Å². The predicted octanol–water partition coefficient (Wildman–Crippen LogP) is 4.42. The number of benzene rings is 1. The second-order valence-electron chi connectivity index (χ2n) is 8.27. The summed E-state index contributed by atoms with van der Waals surface area (Å²) in [5, 5.41) is 9.63. The van der Waals surface area contributed by atoms with Crippen molar-refractivity contribution < 1.29 is 11.3 Å². The zero-order chi connectivity index (χ0) is 16.6. The van der Waals surface area contributed by atoms with Gasteiger partial charge in [-0.2, -0.15) is 0 Å². The molecule has 24 heavy (non-hydrogen) atoms. The molecule has 0 radical (unpaired) electrons. The summed E-state index contributed by atoms with van der Waals surface area (Å²) in [6.45, 7) is 3.54. The minimum Gasteiger partial charge on any atom is -0.481 e. The summed E-state index contributed by atoms with van der Waals surface area (Å²) in [5.41, 5.74) is 2.52. The molecule has 3 heteroatoms. The van der Waals surface area contributed by atoms with Gasteiger partial charge in [0, 0.05) is 7.97 Å². The van der Waals surface area contributed by atoms with Gasteiger partial charge in [0.25, 0.3) is 0 Å². The van der Waals surface area contributed by atoms with Gasteiger partial charge in [0.2, 0.25) is 0 Å². The average Bonchev–Trinajstić information content (AvgIpc) is 2.93. The Morgan fingerprint density at radius 1 is 1.17 bits per heavy atom. The number of carboxylic acid groups (broad SMARTS) is 1. The van der Waals surface area contributed by atoms with Crippen LogP contribution in [0.2, 0.25) is 0 Å². The SMILES string of the molecule is O=C(O)C1CC2(CCN(CC3CCCCC3)CC2)c2ccccc21.[HH]. The first-order chi connectivity index (χ1) is 11.7. The van der Waals surface area contributed by atoms with Crippen LogP contribution in [0.25, 0.3) is 0 Å². The van der Waals surface area contributed by atoms with Crippen LogP contribution in [0.1, 0.15) is 69.8 Å². The largest absolute Gasteiger partial charge is 0.481 e. The van der Waals surface area contributed by atoms with E-state index in [1.54, 1.807) is 0 Å². The number of nitrogens with zero attached hydrogens (tertiary/aromatic N) is 1. The van der Waals surface area contributed by atoms with Crippen molar-refractivity contribution in [3.05, 3.63) is 35.4 Å². The molecule has 1 saturated carbocycles. The Hall–Kier alpha value is -1.35. The van der Waals surface area contributed by atoms with Crippen LogP contribution < -0.4 is 0 Å². The quantitative estimate of drug-likeness (QED) is 0.892. The molecular formula is C21H31NO2. The van der Waals surface area contributed by atoms with E-state index in [-0.39, 0.29) is 12.8 Å². The van der Waals surface area contributed by atoms with Crippen molar-refractivity contribution in [2.24, 2.45) is 5.92 Å². The van der Waals surface area contributed by atoms with Crippen molar-refractivity contribution in [3.8, 4) is 0 Å². The number of carbonyl (C=O) groups is 1. The van der Waals surface area contributed by atoms with Crippen molar-refractivity contribution >= 4 is 5.97 Å². The molecule has 1 aromatic rings. The molecule has 0 bridgehead atoms. The van der Waals surface area contributed by atoms with Gasteiger partial charge in [-0.3, -0.25) is 4.79 Å².